The van der Waals surface area contributed by atoms with Crippen LogP contribution in [0.2, 0.25) is 0 Å². The lowest BCUT2D eigenvalue weighted by atomic mass is 9.49. The number of aliphatic hydroxyl groups is 1. The number of hydrogen-bond donors (Lipinski definition) is 2. The molecule has 3 N–H and O–H groups in total. The van der Waals surface area contributed by atoms with Crippen molar-refractivity contribution in [2.45, 2.75) is 63.0 Å². The molecule has 0 spiro atoms. The SMILES string of the molecule is NC(=O)/C=C/CC1=C(C=O)C23CCN(CC4CC4)C(C1)C2(O)CCC(=O)C3. The maximum Gasteiger partial charge on any atom is 0.241 e. The number of rotatable bonds is 6. The average Bonchev–Trinajstić information content (AvgIpc) is 3.42. The molecule has 6 heteroatoms. The van der Waals surface area contributed by atoms with Gasteiger partial charge >= 0.3 is 0 Å². The summed E-state index contributed by atoms with van der Waals surface area (Å²) >= 11 is 0. The smallest absolute Gasteiger partial charge is 0.241 e. The van der Waals surface area contributed by atoms with Crippen LogP contribution in [0.25, 0.3) is 0 Å². The lowest BCUT2D eigenvalue weighted by molar-refractivity contribution is -0.189. The first-order valence-electron chi connectivity index (χ1n) is 10.0. The van der Waals surface area contributed by atoms with Gasteiger partial charge in [-0.2, -0.15) is 0 Å². The second-order valence-corrected chi connectivity index (χ2v) is 8.77. The minimum absolute atomic E-state index is 0.0689. The molecule has 146 valence electrons. The van der Waals surface area contributed by atoms with Gasteiger partial charge in [0.2, 0.25) is 5.91 Å². The summed E-state index contributed by atoms with van der Waals surface area (Å²) in [6.45, 7) is 1.80. The number of primary amides is 1. The number of Topliss-reactive ketones (excluding diaryl/α,β-unsaturated/α-hetero) is 1. The highest BCUT2D eigenvalue weighted by Gasteiger charge is 2.65. The number of hydrogen-bond acceptors (Lipinski definition) is 5. The Bertz CT molecular complexity index is 738. The molecule has 0 aromatic heterocycles. The van der Waals surface area contributed by atoms with E-state index in [1.807, 2.05) is 0 Å². The zero-order valence-corrected chi connectivity index (χ0v) is 15.7. The van der Waals surface area contributed by atoms with Crippen LogP contribution in [0, 0.1) is 11.3 Å². The van der Waals surface area contributed by atoms with Gasteiger partial charge in [0.25, 0.3) is 0 Å². The van der Waals surface area contributed by atoms with Gasteiger partial charge in [-0.3, -0.25) is 19.3 Å². The number of nitrogens with zero attached hydrogens (tertiary/aromatic N) is 1. The number of amides is 1. The number of ketones is 1. The molecule has 1 aliphatic heterocycles. The third kappa shape index (κ3) is 2.99. The molecular weight excluding hydrogens is 344 g/mol. The Balaban J connectivity index is 1.75. The summed E-state index contributed by atoms with van der Waals surface area (Å²) in [6.07, 6.45) is 9.10. The predicted octanol–water partition coefficient (Wildman–Crippen LogP) is 1.27. The third-order valence-electron chi connectivity index (χ3n) is 7.22. The van der Waals surface area contributed by atoms with E-state index in [0.29, 0.717) is 43.6 Å². The van der Waals surface area contributed by atoms with Crippen LogP contribution in [0.5, 0.6) is 0 Å². The Morgan fingerprint density at radius 1 is 1.33 bits per heavy atom. The Hall–Kier alpha value is -1.79. The molecule has 2 bridgehead atoms. The number of carbonyl (C=O) groups is 3. The summed E-state index contributed by atoms with van der Waals surface area (Å²) in [5.41, 5.74) is 4.92. The zero-order valence-electron chi connectivity index (χ0n) is 15.7. The number of allylic oxidation sites excluding steroid dienone is 1. The van der Waals surface area contributed by atoms with E-state index in [1.165, 1.54) is 18.9 Å². The summed E-state index contributed by atoms with van der Waals surface area (Å²) in [6, 6.07) is -0.0689. The maximum absolute atomic E-state index is 12.4. The standard InChI is InChI=1S/C21H28N2O4/c22-19(26)3-1-2-15-10-18-21(27)7-6-16(25)11-20(21,17(15)13-24)8-9-23(18)12-14-4-5-14/h1,3,13-14,18,27H,2,4-12H2,(H2,22,26)/b3-1+. The lowest BCUT2D eigenvalue weighted by Crippen LogP contribution is -2.71. The number of likely N-dealkylation sites (tertiary alicyclic amines) is 1. The van der Waals surface area contributed by atoms with Crippen LogP contribution < -0.4 is 5.73 Å². The predicted molar refractivity (Wildman–Crippen MR) is 99.6 cm³/mol. The summed E-state index contributed by atoms with van der Waals surface area (Å²) in [5, 5.41) is 11.8. The van der Waals surface area contributed by atoms with E-state index in [2.05, 4.69) is 4.90 Å². The Labute approximate surface area is 159 Å². The maximum atomic E-state index is 12.4. The average molecular weight is 372 g/mol. The van der Waals surface area contributed by atoms with E-state index in [1.54, 1.807) is 6.08 Å². The van der Waals surface area contributed by atoms with Crippen molar-refractivity contribution in [3.63, 3.8) is 0 Å². The lowest BCUT2D eigenvalue weighted by Gasteiger charge is -2.63. The number of carbonyl (C=O) groups excluding carboxylic acids is 3. The van der Waals surface area contributed by atoms with Crippen molar-refractivity contribution in [3.05, 3.63) is 23.3 Å². The van der Waals surface area contributed by atoms with E-state index in [9.17, 15) is 19.5 Å². The quantitative estimate of drug-likeness (QED) is 0.540. The van der Waals surface area contributed by atoms with Crippen molar-refractivity contribution in [1.82, 2.24) is 4.90 Å². The zero-order chi connectivity index (χ0) is 19.2. The van der Waals surface area contributed by atoms with E-state index >= 15 is 0 Å². The summed E-state index contributed by atoms with van der Waals surface area (Å²) < 4.78 is 0. The van der Waals surface area contributed by atoms with Crippen molar-refractivity contribution >= 4 is 18.0 Å². The minimum Gasteiger partial charge on any atom is -0.387 e. The van der Waals surface area contributed by atoms with Crippen molar-refractivity contribution in [1.29, 1.82) is 0 Å². The minimum atomic E-state index is -1.03. The van der Waals surface area contributed by atoms with Crippen molar-refractivity contribution in [3.8, 4) is 0 Å². The van der Waals surface area contributed by atoms with Gasteiger partial charge in [0.15, 0.2) is 0 Å². The van der Waals surface area contributed by atoms with E-state index in [0.717, 1.165) is 24.9 Å². The molecule has 3 fully saturated rings. The first kappa shape index (κ1) is 18.6. The summed E-state index contributed by atoms with van der Waals surface area (Å²) in [4.78, 5) is 37.9. The van der Waals surface area contributed by atoms with Gasteiger partial charge in [-0.1, -0.05) is 11.6 Å². The van der Waals surface area contributed by atoms with Gasteiger partial charge in [-0.15, -0.1) is 0 Å². The Kier molecular flexibility index (Phi) is 4.59. The fourth-order valence-corrected chi connectivity index (χ4v) is 5.73. The van der Waals surface area contributed by atoms with Crippen LogP contribution in [-0.2, 0) is 14.4 Å². The third-order valence-corrected chi connectivity index (χ3v) is 7.22. The second kappa shape index (κ2) is 6.67. The Morgan fingerprint density at radius 3 is 2.78 bits per heavy atom. The molecule has 0 aromatic rings. The molecule has 6 nitrogen and oxygen atoms in total. The summed E-state index contributed by atoms with van der Waals surface area (Å²) in [7, 11) is 0. The van der Waals surface area contributed by atoms with Crippen LogP contribution >= 0.6 is 0 Å². The van der Waals surface area contributed by atoms with Gasteiger partial charge in [-0.05, 0) is 57.1 Å². The van der Waals surface area contributed by atoms with Crippen LogP contribution in [0.3, 0.4) is 0 Å². The molecule has 3 atom stereocenters. The van der Waals surface area contributed by atoms with Gasteiger partial charge in [0.05, 0.1) is 5.60 Å². The molecular formula is C21H28N2O4. The van der Waals surface area contributed by atoms with Crippen LogP contribution in [0.4, 0.5) is 0 Å². The molecule has 1 amide bonds. The second-order valence-electron chi connectivity index (χ2n) is 8.77. The number of piperidine rings is 1. The Morgan fingerprint density at radius 2 is 2.11 bits per heavy atom. The molecule has 4 rings (SSSR count). The van der Waals surface area contributed by atoms with Crippen molar-refractivity contribution in [2.75, 3.05) is 13.1 Å². The largest absolute Gasteiger partial charge is 0.387 e. The van der Waals surface area contributed by atoms with Gasteiger partial charge in [0, 0.05) is 36.4 Å². The first-order chi connectivity index (χ1) is 12.9. The highest BCUT2D eigenvalue weighted by atomic mass is 16.3. The monoisotopic (exact) mass is 372 g/mol. The van der Waals surface area contributed by atoms with Crippen molar-refractivity contribution < 1.29 is 19.5 Å². The van der Waals surface area contributed by atoms with Crippen LogP contribution in [-0.4, -0.2) is 52.7 Å². The first-order valence-corrected chi connectivity index (χ1v) is 10.0. The molecule has 1 heterocycles. The highest BCUT2D eigenvalue weighted by Crippen LogP contribution is 2.60. The molecule has 0 radical (unpaired) electrons. The fraction of sp³-hybridized carbons (Fsp3) is 0.667. The molecule has 0 aromatic carbocycles. The van der Waals surface area contributed by atoms with Gasteiger partial charge in [-0.25, -0.2) is 0 Å². The molecule has 3 unspecified atom stereocenters. The van der Waals surface area contributed by atoms with Crippen LogP contribution in [0.15, 0.2) is 23.3 Å². The van der Waals surface area contributed by atoms with Crippen molar-refractivity contribution in [2.24, 2.45) is 17.1 Å². The normalized spacial score (nSPS) is 36.8. The molecule has 4 aliphatic rings. The molecule has 2 saturated carbocycles. The number of aldehydes is 1. The molecule has 1 saturated heterocycles. The molecule has 3 aliphatic carbocycles. The van der Waals surface area contributed by atoms with Gasteiger partial charge < -0.3 is 10.8 Å². The highest BCUT2D eigenvalue weighted by molar-refractivity contribution is 5.87. The van der Waals surface area contributed by atoms with Gasteiger partial charge in [0.1, 0.15) is 12.1 Å². The fourth-order valence-electron chi connectivity index (χ4n) is 5.73. The van der Waals surface area contributed by atoms with E-state index in [4.69, 9.17) is 5.73 Å². The van der Waals surface area contributed by atoms with E-state index < -0.39 is 16.9 Å². The molecule has 27 heavy (non-hydrogen) atoms. The number of nitrogens with two attached hydrogens (primary N) is 1. The summed E-state index contributed by atoms with van der Waals surface area (Å²) in [5.74, 6) is 0.320. The topological polar surface area (TPSA) is 101 Å². The van der Waals surface area contributed by atoms with E-state index in [-0.39, 0.29) is 18.2 Å². The van der Waals surface area contributed by atoms with Crippen LogP contribution in [0.1, 0.15) is 51.4 Å².